The molecule has 1 aromatic carbocycles. The van der Waals surface area contributed by atoms with Gasteiger partial charge in [-0.05, 0) is 37.1 Å². The first kappa shape index (κ1) is 19.1. The first-order valence-corrected chi connectivity index (χ1v) is 9.76. The number of aromatic nitrogens is 2. The highest BCUT2D eigenvalue weighted by Gasteiger charge is 2.35. The van der Waals surface area contributed by atoms with Gasteiger partial charge in [0.15, 0.2) is 0 Å². The summed E-state index contributed by atoms with van der Waals surface area (Å²) in [5, 5.41) is 8.42. The van der Waals surface area contributed by atoms with Gasteiger partial charge < -0.3 is 16.0 Å². The molecular weight excluding hydrogens is 377 g/mol. The molecule has 9 heteroatoms. The van der Waals surface area contributed by atoms with Crippen molar-refractivity contribution < 1.29 is 14.0 Å². The Morgan fingerprint density at radius 3 is 2.55 bits per heavy atom. The van der Waals surface area contributed by atoms with Gasteiger partial charge in [-0.3, -0.25) is 19.4 Å². The molecule has 152 valence electrons. The number of fused-ring (bicyclic) bond motifs is 1. The maximum absolute atomic E-state index is 13.1. The zero-order chi connectivity index (χ0) is 20.4. The van der Waals surface area contributed by atoms with Crippen LogP contribution in [-0.4, -0.2) is 27.8 Å². The molecule has 1 fully saturated rings. The number of aromatic amines is 1. The Bertz CT molecular complexity index is 983. The third-order valence-electron chi connectivity index (χ3n) is 5.33. The second kappa shape index (κ2) is 8.02. The molecule has 2 heterocycles. The van der Waals surface area contributed by atoms with E-state index < -0.39 is 11.5 Å². The van der Waals surface area contributed by atoms with Crippen molar-refractivity contribution >= 4 is 29.3 Å². The highest BCUT2D eigenvalue weighted by molar-refractivity contribution is 6.00. The van der Waals surface area contributed by atoms with E-state index in [1.165, 1.54) is 24.3 Å². The van der Waals surface area contributed by atoms with Crippen molar-refractivity contribution in [1.82, 2.24) is 15.3 Å². The normalized spacial score (nSPS) is 19.2. The number of nitrogens with one attached hydrogen (secondary N) is 4. The molecule has 1 aromatic heterocycles. The highest BCUT2D eigenvalue weighted by Crippen LogP contribution is 2.30. The Kier molecular flexibility index (Phi) is 5.28. The number of halogens is 1. The predicted octanol–water partition coefficient (Wildman–Crippen LogP) is 2.53. The van der Waals surface area contributed by atoms with E-state index in [9.17, 15) is 18.8 Å². The summed E-state index contributed by atoms with van der Waals surface area (Å²) in [4.78, 5) is 44.5. The zero-order valence-corrected chi connectivity index (χ0v) is 15.8. The minimum Gasteiger partial charge on any atom is -0.353 e. The Balaban J connectivity index is 1.58. The third-order valence-corrected chi connectivity index (χ3v) is 5.33. The molecule has 2 amide bonds. The van der Waals surface area contributed by atoms with Crippen LogP contribution >= 0.6 is 0 Å². The Hall–Kier alpha value is -3.23. The first-order chi connectivity index (χ1) is 14.0. The predicted molar refractivity (Wildman–Crippen MR) is 106 cm³/mol. The summed E-state index contributed by atoms with van der Waals surface area (Å²) in [6, 6.07) is 5.61. The molecule has 0 spiro atoms. The summed E-state index contributed by atoms with van der Waals surface area (Å²) in [6.45, 7) is 0. The second-order valence-corrected chi connectivity index (χ2v) is 7.46. The van der Waals surface area contributed by atoms with Crippen molar-refractivity contribution in [2.24, 2.45) is 0 Å². The van der Waals surface area contributed by atoms with Crippen LogP contribution < -0.4 is 21.5 Å². The van der Waals surface area contributed by atoms with E-state index in [-0.39, 0.29) is 47.4 Å². The molecule has 1 aliphatic carbocycles. The Morgan fingerprint density at radius 1 is 1.10 bits per heavy atom. The van der Waals surface area contributed by atoms with Gasteiger partial charge in [-0.2, -0.15) is 4.98 Å². The summed E-state index contributed by atoms with van der Waals surface area (Å²) < 4.78 is 13.1. The third kappa shape index (κ3) is 4.28. The standard InChI is InChI=1S/C20H22FN5O3/c21-11-6-8-13(9-7-11)23-20-25-17-16(19(29)26-20)14(10-15(27)24-17)18(28)22-12-4-2-1-3-5-12/h6-9,12,14H,1-5,10H2,(H,22,28)(H3,23,24,25,26,27,29)/t14-/m0/s1. The molecule has 0 saturated heterocycles. The van der Waals surface area contributed by atoms with Gasteiger partial charge in [-0.25, -0.2) is 4.39 Å². The van der Waals surface area contributed by atoms with Gasteiger partial charge in [0.25, 0.3) is 5.56 Å². The minimum absolute atomic E-state index is 0.0680. The number of hydrogen-bond acceptors (Lipinski definition) is 5. The fraction of sp³-hybridized carbons (Fsp3) is 0.400. The lowest BCUT2D eigenvalue weighted by molar-refractivity contribution is -0.127. The first-order valence-electron chi connectivity index (χ1n) is 9.76. The van der Waals surface area contributed by atoms with Crippen molar-refractivity contribution in [3.05, 3.63) is 46.0 Å². The molecule has 4 N–H and O–H groups in total. The van der Waals surface area contributed by atoms with E-state index in [0.29, 0.717) is 5.69 Å². The lowest BCUT2D eigenvalue weighted by Gasteiger charge is -2.27. The molecule has 0 unspecified atom stereocenters. The average molecular weight is 399 g/mol. The van der Waals surface area contributed by atoms with Gasteiger partial charge in [0.1, 0.15) is 11.6 Å². The molecule has 4 rings (SSSR count). The number of hydrogen-bond donors (Lipinski definition) is 4. The van der Waals surface area contributed by atoms with Crippen molar-refractivity contribution in [2.45, 2.75) is 50.5 Å². The van der Waals surface area contributed by atoms with Crippen molar-refractivity contribution in [1.29, 1.82) is 0 Å². The van der Waals surface area contributed by atoms with Crippen LogP contribution in [0.25, 0.3) is 0 Å². The molecule has 1 aliphatic heterocycles. The second-order valence-electron chi connectivity index (χ2n) is 7.46. The van der Waals surface area contributed by atoms with Gasteiger partial charge in [0.05, 0.1) is 11.5 Å². The van der Waals surface area contributed by atoms with Gasteiger partial charge in [0.2, 0.25) is 17.8 Å². The molecule has 0 bridgehead atoms. The zero-order valence-electron chi connectivity index (χ0n) is 15.8. The van der Waals surface area contributed by atoms with E-state index in [0.717, 1.165) is 32.1 Å². The molecule has 2 aromatic rings. The van der Waals surface area contributed by atoms with Crippen LogP contribution in [0.1, 0.15) is 50.0 Å². The van der Waals surface area contributed by atoms with Gasteiger partial charge in [0, 0.05) is 18.2 Å². The van der Waals surface area contributed by atoms with Crippen LogP contribution in [0.15, 0.2) is 29.1 Å². The summed E-state index contributed by atoms with van der Waals surface area (Å²) in [6.07, 6.45) is 5.01. The van der Waals surface area contributed by atoms with Gasteiger partial charge in [-0.15, -0.1) is 0 Å². The number of rotatable bonds is 4. The average Bonchev–Trinajstić information content (AvgIpc) is 2.69. The molecule has 1 saturated carbocycles. The summed E-state index contributed by atoms with van der Waals surface area (Å²) >= 11 is 0. The Labute approximate surface area is 166 Å². The number of nitrogens with zero attached hydrogens (tertiary/aromatic N) is 1. The smallest absolute Gasteiger partial charge is 0.258 e. The van der Waals surface area contributed by atoms with E-state index in [1.807, 2.05) is 0 Å². The molecule has 29 heavy (non-hydrogen) atoms. The monoisotopic (exact) mass is 399 g/mol. The Morgan fingerprint density at radius 2 is 1.83 bits per heavy atom. The lowest BCUT2D eigenvalue weighted by atomic mass is 9.90. The molecule has 1 atom stereocenters. The number of amides is 2. The van der Waals surface area contributed by atoms with Crippen LogP contribution in [-0.2, 0) is 9.59 Å². The largest absolute Gasteiger partial charge is 0.353 e. The summed E-state index contributed by atoms with van der Waals surface area (Å²) in [5.74, 6) is -1.79. The van der Waals surface area contributed by atoms with Gasteiger partial charge in [-0.1, -0.05) is 19.3 Å². The minimum atomic E-state index is -0.878. The molecule has 8 nitrogen and oxygen atoms in total. The van der Waals surface area contributed by atoms with Crippen LogP contribution in [0.5, 0.6) is 0 Å². The number of H-pyrrole nitrogens is 1. The number of anilines is 3. The van der Waals surface area contributed by atoms with Gasteiger partial charge >= 0.3 is 0 Å². The SMILES string of the molecule is O=C1C[C@H](C(=O)NC2CCCCC2)c2c(nc(Nc3ccc(F)cc3)[nH]c2=O)N1. The summed E-state index contributed by atoms with van der Waals surface area (Å²) in [5.41, 5.74) is 0.175. The van der Waals surface area contributed by atoms with E-state index in [2.05, 4.69) is 25.9 Å². The maximum atomic E-state index is 13.1. The van der Waals surface area contributed by atoms with Crippen LogP contribution in [0.4, 0.5) is 21.8 Å². The highest BCUT2D eigenvalue weighted by atomic mass is 19.1. The topological polar surface area (TPSA) is 116 Å². The molecule has 0 radical (unpaired) electrons. The molecular formula is C20H22FN5O3. The lowest BCUT2D eigenvalue weighted by Crippen LogP contribution is -2.43. The summed E-state index contributed by atoms with van der Waals surface area (Å²) in [7, 11) is 0. The van der Waals surface area contributed by atoms with E-state index in [1.54, 1.807) is 0 Å². The van der Waals surface area contributed by atoms with Crippen LogP contribution in [0, 0.1) is 5.82 Å². The quantitative estimate of drug-likeness (QED) is 0.631. The number of carbonyl (C=O) groups is 2. The fourth-order valence-corrected chi connectivity index (χ4v) is 3.87. The molecule has 2 aliphatic rings. The van der Waals surface area contributed by atoms with E-state index in [4.69, 9.17) is 0 Å². The van der Waals surface area contributed by atoms with Crippen LogP contribution in [0.3, 0.4) is 0 Å². The van der Waals surface area contributed by atoms with Crippen molar-refractivity contribution in [3.8, 4) is 0 Å². The maximum Gasteiger partial charge on any atom is 0.258 e. The number of benzene rings is 1. The fourth-order valence-electron chi connectivity index (χ4n) is 3.87. The van der Waals surface area contributed by atoms with Crippen molar-refractivity contribution in [3.63, 3.8) is 0 Å². The van der Waals surface area contributed by atoms with Crippen LogP contribution in [0.2, 0.25) is 0 Å². The van der Waals surface area contributed by atoms with E-state index >= 15 is 0 Å². The van der Waals surface area contributed by atoms with Crippen molar-refractivity contribution in [2.75, 3.05) is 10.6 Å². The number of carbonyl (C=O) groups excluding carboxylic acids is 2.